The third-order valence-corrected chi connectivity index (χ3v) is 7.67. The summed E-state index contributed by atoms with van der Waals surface area (Å²) < 4.78 is 19.5. The number of aromatic nitrogens is 2. The Balaban J connectivity index is 1.16. The van der Waals surface area contributed by atoms with Crippen LogP contribution in [0.15, 0.2) is 60.7 Å². The molecule has 0 radical (unpaired) electrons. The van der Waals surface area contributed by atoms with Gasteiger partial charge in [0.1, 0.15) is 11.6 Å². The van der Waals surface area contributed by atoms with Gasteiger partial charge in [-0.05, 0) is 67.1 Å². The van der Waals surface area contributed by atoms with Crippen LogP contribution in [0.5, 0.6) is 17.2 Å². The van der Waals surface area contributed by atoms with Crippen LogP contribution in [0.4, 0.5) is 5.69 Å². The fourth-order valence-electron chi connectivity index (χ4n) is 5.62. The molecule has 1 atom stereocenters. The number of imidazole rings is 1. The Morgan fingerprint density at radius 3 is 2.74 bits per heavy atom. The number of fused-ring (bicyclic) bond motifs is 2. The summed E-state index contributed by atoms with van der Waals surface area (Å²) in [6.07, 6.45) is 2.33. The Morgan fingerprint density at radius 1 is 1.03 bits per heavy atom. The minimum atomic E-state index is 0.0208. The molecule has 1 amide bonds. The van der Waals surface area contributed by atoms with Crippen molar-refractivity contribution in [3.8, 4) is 17.2 Å². The quantitative estimate of drug-likeness (QED) is 0.231. The number of carbonyl (C=O) groups is 1. The van der Waals surface area contributed by atoms with E-state index in [1.807, 2.05) is 29.2 Å². The Hall–Kier alpha value is -4.00. The topological polar surface area (TPSA) is 65.8 Å². The maximum atomic E-state index is 13.1. The summed E-state index contributed by atoms with van der Waals surface area (Å²) in [5.41, 5.74) is 5.39. The molecule has 2 aliphatic heterocycles. The molecule has 0 spiro atoms. The van der Waals surface area contributed by atoms with Gasteiger partial charge in [0.15, 0.2) is 11.5 Å². The lowest BCUT2D eigenvalue weighted by atomic mass is 10.0. The Bertz CT molecular complexity index is 1510. The van der Waals surface area contributed by atoms with Gasteiger partial charge >= 0.3 is 0 Å². The predicted molar refractivity (Wildman–Crippen MR) is 152 cm³/mol. The van der Waals surface area contributed by atoms with E-state index < -0.39 is 0 Å². The second-order valence-electron chi connectivity index (χ2n) is 10.8. The zero-order chi connectivity index (χ0) is 26.9. The summed E-state index contributed by atoms with van der Waals surface area (Å²) in [4.78, 5) is 20.0. The number of benzene rings is 3. The van der Waals surface area contributed by atoms with Crippen LogP contribution >= 0.6 is 0 Å². The summed E-state index contributed by atoms with van der Waals surface area (Å²) in [6.45, 7) is 8.81. The normalized spacial score (nSPS) is 16.6. The largest absolute Gasteiger partial charge is 0.493 e. The van der Waals surface area contributed by atoms with Crippen molar-refractivity contribution in [2.45, 2.75) is 58.4 Å². The van der Waals surface area contributed by atoms with Crippen molar-refractivity contribution in [1.82, 2.24) is 9.55 Å². The number of aryl methyl sites for hydroxylation is 2. The molecule has 1 aromatic heterocycles. The van der Waals surface area contributed by atoms with Crippen LogP contribution in [0.1, 0.15) is 61.9 Å². The van der Waals surface area contributed by atoms with E-state index in [1.165, 1.54) is 11.1 Å². The fourth-order valence-corrected chi connectivity index (χ4v) is 5.62. The highest BCUT2D eigenvalue weighted by atomic mass is 16.7. The van der Waals surface area contributed by atoms with Crippen molar-refractivity contribution in [2.24, 2.45) is 0 Å². The number of hydrogen-bond acceptors (Lipinski definition) is 5. The molecule has 0 aliphatic carbocycles. The van der Waals surface area contributed by atoms with E-state index in [0.717, 1.165) is 53.4 Å². The van der Waals surface area contributed by atoms with Crippen LogP contribution in [0, 0.1) is 6.92 Å². The van der Waals surface area contributed by atoms with Gasteiger partial charge in [-0.2, -0.15) is 0 Å². The van der Waals surface area contributed by atoms with E-state index in [9.17, 15) is 4.79 Å². The van der Waals surface area contributed by atoms with Gasteiger partial charge < -0.3 is 23.7 Å². The van der Waals surface area contributed by atoms with Crippen molar-refractivity contribution in [2.75, 3.05) is 24.8 Å². The maximum Gasteiger partial charge on any atom is 0.231 e. The van der Waals surface area contributed by atoms with E-state index in [4.69, 9.17) is 19.2 Å². The number of rotatable bonds is 9. The Morgan fingerprint density at radius 2 is 1.87 bits per heavy atom. The van der Waals surface area contributed by atoms with Crippen molar-refractivity contribution < 1.29 is 19.0 Å². The van der Waals surface area contributed by atoms with Gasteiger partial charge in [-0.25, -0.2) is 4.98 Å². The molecule has 7 heteroatoms. The Labute approximate surface area is 229 Å². The molecule has 2 aliphatic rings. The lowest BCUT2D eigenvalue weighted by Gasteiger charge is -2.18. The van der Waals surface area contributed by atoms with Crippen molar-refractivity contribution in [3.05, 3.63) is 77.6 Å². The second kappa shape index (κ2) is 10.6. The van der Waals surface area contributed by atoms with E-state index >= 15 is 0 Å². The molecule has 1 fully saturated rings. The molecule has 1 saturated heterocycles. The molecule has 3 aromatic carbocycles. The second-order valence-corrected chi connectivity index (χ2v) is 10.8. The summed E-state index contributed by atoms with van der Waals surface area (Å²) in [7, 11) is 0. The molecule has 39 heavy (non-hydrogen) atoms. The molecule has 6 rings (SSSR count). The van der Waals surface area contributed by atoms with Gasteiger partial charge in [-0.3, -0.25) is 4.79 Å². The molecule has 1 unspecified atom stereocenters. The van der Waals surface area contributed by atoms with E-state index in [-0.39, 0.29) is 18.6 Å². The number of amides is 1. The molecule has 4 aromatic rings. The number of anilines is 1. The van der Waals surface area contributed by atoms with Crippen LogP contribution in [-0.4, -0.2) is 35.4 Å². The number of ether oxygens (including phenoxy) is 3. The van der Waals surface area contributed by atoms with Crippen molar-refractivity contribution in [3.63, 3.8) is 0 Å². The zero-order valence-corrected chi connectivity index (χ0v) is 22.9. The first kappa shape index (κ1) is 25.3. The average Bonchev–Trinajstić information content (AvgIpc) is 3.64. The molecule has 202 valence electrons. The first-order chi connectivity index (χ1) is 19.0. The number of unbranched alkanes of at least 4 members (excludes halogenated alkanes) is 1. The summed E-state index contributed by atoms with van der Waals surface area (Å²) in [5.74, 6) is 3.92. The molecule has 3 heterocycles. The van der Waals surface area contributed by atoms with Crippen LogP contribution in [0.3, 0.4) is 0 Å². The third-order valence-electron chi connectivity index (χ3n) is 7.67. The lowest BCUT2D eigenvalue weighted by Crippen LogP contribution is -2.24. The zero-order valence-electron chi connectivity index (χ0n) is 22.9. The molecule has 7 nitrogen and oxygen atoms in total. The van der Waals surface area contributed by atoms with Gasteiger partial charge in [0.05, 0.1) is 17.6 Å². The molecular formula is C32H35N3O4. The first-order valence-electron chi connectivity index (χ1n) is 13.9. The van der Waals surface area contributed by atoms with Crippen LogP contribution < -0.4 is 19.1 Å². The highest BCUT2D eigenvalue weighted by Crippen LogP contribution is 2.39. The Kier molecular flexibility index (Phi) is 6.90. The molecular weight excluding hydrogens is 490 g/mol. The van der Waals surface area contributed by atoms with Crippen molar-refractivity contribution >= 4 is 22.6 Å². The van der Waals surface area contributed by atoms with Gasteiger partial charge in [0.2, 0.25) is 12.7 Å². The first-order valence-corrected chi connectivity index (χ1v) is 13.9. The highest BCUT2D eigenvalue weighted by molar-refractivity contribution is 5.97. The number of para-hydroxylation sites is 2. The van der Waals surface area contributed by atoms with E-state index in [0.29, 0.717) is 31.2 Å². The third kappa shape index (κ3) is 5.05. The predicted octanol–water partition coefficient (Wildman–Crippen LogP) is 6.58. The van der Waals surface area contributed by atoms with Gasteiger partial charge in [-0.15, -0.1) is 0 Å². The minimum Gasteiger partial charge on any atom is -0.493 e. The summed E-state index contributed by atoms with van der Waals surface area (Å²) >= 11 is 0. The molecule has 0 saturated carbocycles. The summed E-state index contributed by atoms with van der Waals surface area (Å²) in [5, 5.41) is 0. The summed E-state index contributed by atoms with van der Waals surface area (Å²) in [6, 6.07) is 20.4. The van der Waals surface area contributed by atoms with Crippen LogP contribution in [-0.2, 0) is 11.3 Å². The van der Waals surface area contributed by atoms with Crippen LogP contribution in [0.25, 0.3) is 11.0 Å². The van der Waals surface area contributed by atoms with Gasteiger partial charge in [0.25, 0.3) is 0 Å². The monoisotopic (exact) mass is 525 g/mol. The average molecular weight is 526 g/mol. The number of hydrogen-bond donors (Lipinski definition) is 0. The van der Waals surface area contributed by atoms with E-state index in [2.05, 4.69) is 61.7 Å². The SMILES string of the molecule is Cc1ccc(C(C)C)c(OCCCCn2c(C3CC(=O)N(c4ccc5c(c4)OCO5)C3)nc3ccccc32)c1. The number of nitrogens with zero attached hydrogens (tertiary/aromatic N) is 3. The van der Waals surface area contributed by atoms with E-state index in [1.54, 1.807) is 0 Å². The van der Waals surface area contributed by atoms with Gasteiger partial charge in [0, 0.05) is 37.2 Å². The van der Waals surface area contributed by atoms with Crippen molar-refractivity contribution in [1.29, 1.82) is 0 Å². The van der Waals surface area contributed by atoms with Gasteiger partial charge in [-0.1, -0.05) is 38.1 Å². The fraction of sp³-hybridized carbons (Fsp3) is 0.375. The lowest BCUT2D eigenvalue weighted by molar-refractivity contribution is -0.117. The smallest absolute Gasteiger partial charge is 0.231 e. The molecule has 0 N–H and O–H groups in total. The number of carbonyl (C=O) groups excluding carboxylic acids is 1. The molecule has 0 bridgehead atoms. The minimum absolute atomic E-state index is 0.0208. The maximum absolute atomic E-state index is 13.1. The van der Waals surface area contributed by atoms with Crippen LogP contribution in [0.2, 0.25) is 0 Å². The highest BCUT2D eigenvalue weighted by Gasteiger charge is 2.35. The standard InChI is InChI=1S/C32H35N3O4/c1-21(2)25-12-10-22(3)16-29(25)37-15-7-6-14-34-27-9-5-4-8-26(27)33-32(34)23-17-31(36)35(19-23)24-11-13-28-30(18-24)39-20-38-28/h4-5,8-13,16,18,21,23H,6-7,14-15,17,19-20H2,1-3H3.